The van der Waals surface area contributed by atoms with Crippen molar-refractivity contribution in [2.24, 2.45) is 0 Å². The monoisotopic (exact) mass is 292 g/mol. The normalized spacial score (nSPS) is 15.1. The molecule has 0 radical (unpaired) electrons. The van der Waals surface area contributed by atoms with Gasteiger partial charge in [-0.25, -0.2) is 4.98 Å². The number of aromatic nitrogens is 3. The van der Waals surface area contributed by atoms with Crippen LogP contribution in [-0.2, 0) is 6.54 Å². The molecule has 2 aromatic rings. The van der Waals surface area contributed by atoms with Crippen molar-refractivity contribution in [2.45, 2.75) is 25.4 Å². The van der Waals surface area contributed by atoms with Gasteiger partial charge in [-0.05, 0) is 34.8 Å². The summed E-state index contributed by atoms with van der Waals surface area (Å²) >= 11 is 3.49. The Morgan fingerprint density at radius 3 is 3.12 bits per heavy atom. The van der Waals surface area contributed by atoms with Gasteiger partial charge in [-0.1, -0.05) is 0 Å². The van der Waals surface area contributed by atoms with E-state index in [2.05, 4.69) is 37.4 Å². The lowest BCUT2D eigenvalue weighted by Crippen LogP contribution is -2.15. The minimum atomic E-state index is 0.716. The van der Waals surface area contributed by atoms with Crippen LogP contribution in [0, 0.1) is 0 Å². The Balaban J connectivity index is 1.77. The number of nitrogens with one attached hydrogen (secondary N) is 1. The van der Waals surface area contributed by atoms with Crippen molar-refractivity contribution >= 4 is 15.9 Å². The van der Waals surface area contributed by atoms with E-state index < -0.39 is 0 Å². The highest BCUT2D eigenvalue weighted by Crippen LogP contribution is 2.21. The smallest absolute Gasteiger partial charge is 0.0996 e. The molecule has 0 aliphatic heterocycles. The number of rotatable bonds is 4. The molecule has 3 rings (SSSR count). The SMILES string of the molecule is Brc1cnccc1-n1cnc(CNC2CC2)c1. The third kappa shape index (κ3) is 2.56. The second-order valence-electron chi connectivity index (χ2n) is 4.25. The zero-order chi connectivity index (χ0) is 11.7. The van der Waals surface area contributed by atoms with E-state index in [-0.39, 0.29) is 0 Å². The molecule has 5 heteroatoms. The van der Waals surface area contributed by atoms with E-state index in [4.69, 9.17) is 0 Å². The van der Waals surface area contributed by atoms with Gasteiger partial charge in [0.25, 0.3) is 0 Å². The van der Waals surface area contributed by atoms with Crippen LogP contribution < -0.4 is 5.32 Å². The minimum absolute atomic E-state index is 0.716. The number of imidazole rings is 1. The zero-order valence-corrected chi connectivity index (χ0v) is 10.9. The molecule has 0 unspecified atom stereocenters. The Labute approximate surface area is 108 Å². The van der Waals surface area contributed by atoms with Gasteiger partial charge in [0.2, 0.25) is 0 Å². The highest BCUT2D eigenvalue weighted by Gasteiger charge is 2.20. The van der Waals surface area contributed by atoms with Crippen LogP contribution >= 0.6 is 15.9 Å². The summed E-state index contributed by atoms with van der Waals surface area (Å²) in [7, 11) is 0. The number of hydrogen-bond donors (Lipinski definition) is 1. The molecule has 0 bridgehead atoms. The number of pyridine rings is 1. The first-order chi connectivity index (χ1) is 8.33. The molecular formula is C12H13BrN4. The summed E-state index contributed by atoms with van der Waals surface area (Å²) < 4.78 is 2.98. The van der Waals surface area contributed by atoms with Crippen molar-refractivity contribution in [3.8, 4) is 5.69 Å². The molecule has 0 atom stereocenters. The molecule has 1 aliphatic carbocycles. The molecular weight excluding hydrogens is 280 g/mol. The van der Waals surface area contributed by atoms with Crippen LogP contribution in [-0.4, -0.2) is 20.6 Å². The number of hydrogen-bond acceptors (Lipinski definition) is 3. The minimum Gasteiger partial charge on any atom is -0.308 e. The van der Waals surface area contributed by atoms with Crippen molar-refractivity contribution in [1.29, 1.82) is 0 Å². The molecule has 0 saturated heterocycles. The van der Waals surface area contributed by atoms with Gasteiger partial charge < -0.3 is 9.88 Å². The van der Waals surface area contributed by atoms with Crippen LogP contribution in [0.5, 0.6) is 0 Å². The first-order valence-corrected chi connectivity index (χ1v) is 6.48. The Hall–Kier alpha value is -1.20. The summed E-state index contributed by atoms with van der Waals surface area (Å²) in [5, 5.41) is 3.45. The van der Waals surface area contributed by atoms with Crippen molar-refractivity contribution < 1.29 is 0 Å². The number of halogens is 1. The fourth-order valence-corrected chi connectivity index (χ4v) is 2.16. The first kappa shape index (κ1) is 10.9. The summed E-state index contributed by atoms with van der Waals surface area (Å²) in [6, 6.07) is 2.68. The lowest BCUT2D eigenvalue weighted by Gasteiger charge is -2.03. The van der Waals surface area contributed by atoms with E-state index in [1.165, 1.54) is 12.8 Å². The van der Waals surface area contributed by atoms with E-state index in [0.717, 1.165) is 22.4 Å². The van der Waals surface area contributed by atoms with Gasteiger partial charge >= 0.3 is 0 Å². The van der Waals surface area contributed by atoms with Crippen LogP contribution in [0.15, 0.2) is 35.5 Å². The molecule has 0 spiro atoms. The summed E-state index contributed by atoms with van der Waals surface area (Å²) in [5.41, 5.74) is 2.13. The molecule has 0 amide bonds. The molecule has 1 aliphatic rings. The van der Waals surface area contributed by atoms with Gasteiger partial charge in [0.1, 0.15) is 0 Å². The third-order valence-electron chi connectivity index (χ3n) is 2.81. The Morgan fingerprint density at radius 1 is 1.47 bits per heavy atom. The molecule has 1 N–H and O–H groups in total. The van der Waals surface area contributed by atoms with Gasteiger partial charge in [-0.15, -0.1) is 0 Å². The Kier molecular flexibility index (Phi) is 2.94. The van der Waals surface area contributed by atoms with E-state index in [1.54, 1.807) is 12.4 Å². The molecule has 0 aromatic carbocycles. The van der Waals surface area contributed by atoms with Gasteiger partial charge in [-0.3, -0.25) is 4.98 Å². The third-order valence-corrected chi connectivity index (χ3v) is 3.43. The predicted molar refractivity (Wildman–Crippen MR) is 68.9 cm³/mol. The second-order valence-corrected chi connectivity index (χ2v) is 5.11. The van der Waals surface area contributed by atoms with Crippen molar-refractivity contribution in [2.75, 3.05) is 0 Å². The van der Waals surface area contributed by atoms with Crippen molar-refractivity contribution in [3.63, 3.8) is 0 Å². The quantitative estimate of drug-likeness (QED) is 0.940. The van der Waals surface area contributed by atoms with Gasteiger partial charge in [0.15, 0.2) is 0 Å². The molecule has 1 fully saturated rings. The molecule has 4 nitrogen and oxygen atoms in total. The molecule has 2 aromatic heterocycles. The van der Waals surface area contributed by atoms with Gasteiger partial charge in [-0.2, -0.15) is 0 Å². The largest absolute Gasteiger partial charge is 0.308 e. The summed E-state index contributed by atoms with van der Waals surface area (Å²) in [6.45, 7) is 0.848. The average molecular weight is 293 g/mol. The zero-order valence-electron chi connectivity index (χ0n) is 9.31. The van der Waals surface area contributed by atoms with Gasteiger partial charge in [0, 0.05) is 31.2 Å². The lowest BCUT2D eigenvalue weighted by molar-refractivity contribution is 0.677. The topological polar surface area (TPSA) is 42.7 Å². The molecule has 2 heterocycles. The summed E-state index contributed by atoms with van der Waals surface area (Å²) in [4.78, 5) is 8.44. The van der Waals surface area contributed by atoms with Crippen LogP contribution in [0.1, 0.15) is 18.5 Å². The molecule has 17 heavy (non-hydrogen) atoms. The van der Waals surface area contributed by atoms with Crippen LogP contribution in [0.2, 0.25) is 0 Å². The maximum Gasteiger partial charge on any atom is 0.0996 e. The maximum absolute atomic E-state index is 4.39. The van der Waals surface area contributed by atoms with Crippen LogP contribution in [0.4, 0.5) is 0 Å². The van der Waals surface area contributed by atoms with E-state index in [0.29, 0.717) is 6.04 Å². The maximum atomic E-state index is 4.39. The average Bonchev–Trinajstić information content (AvgIpc) is 3.06. The highest BCUT2D eigenvalue weighted by atomic mass is 79.9. The first-order valence-electron chi connectivity index (χ1n) is 5.69. The summed E-state index contributed by atoms with van der Waals surface area (Å²) in [5.74, 6) is 0. The van der Waals surface area contributed by atoms with Gasteiger partial charge in [0.05, 0.1) is 22.2 Å². The van der Waals surface area contributed by atoms with E-state index in [1.807, 2.05) is 17.0 Å². The Bertz CT molecular complexity index is 519. The van der Waals surface area contributed by atoms with Crippen molar-refractivity contribution in [3.05, 3.63) is 41.2 Å². The van der Waals surface area contributed by atoms with Crippen molar-refractivity contribution in [1.82, 2.24) is 19.9 Å². The fraction of sp³-hybridized carbons (Fsp3) is 0.333. The standard InChI is InChI=1S/C12H13BrN4/c13-11-6-14-4-3-12(11)17-7-10(16-8-17)5-15-9-1-2-9/h3-4,6-9,15H,1-2,5H2. The fourth-order valence-electron chi connectivity index (χ4n) is 1.70. The van der Waals surface area contributed by atoms with E-state index in [9.17, 15) is 0 Å². The van der Waals surface area contributed by atoms with Crippen LogP contribution in [0.3, 0.4) is 0 Å². The summed E-state index contributed by atoms with van der Waals surface area (Å²) in [6.07, 6.45) is 10.1. The lowest BCUT2D eigenvalue weighted by atomic mass is 10.4. The number of nitrogens with zero attached hydrogens (tertiary/aromatic N) is 3. The Morgan fingerprint density at radius 2 is 2.35 bits per heavy atom. The molecule has 88 valence electrons. The second kappa shape index (κ2) is 4.58. The molecule has 1 saturated carbocycles. The predicted octanol–water partition coefficient (Wildman–Crippen LogP) is 2.28. The van der Waals surface area contributed by atoms with E-state index >= 15 is 0 Å². The highest BCUT2D eigenvalue weighted by molar-refractivity contribution is 9.10. The van der Waals surface area contributed by atoms with Crippen LogP contribution in [0.25, 0.3) is 5.69 Å².